The van der Waals surface area contributed by atoms with Gasteiger partial charge in [-0.2, -0.15) is 0 Å². The van der Waals surface area contributed by atoms with Gasteiger partial charge in [-0.05, 0) is 37.1 Å². The molecule has 0 saturated heterocycles. The lowest BCUT2D eigenvalue weighted by atomic mass is 9.73. The Labute approximate surface area is 176 Å². The molecule has 2 atom stereocenters. The van der Waals surface area contributed by atoms with Crippen LogP contribution < -0.4 is 0 Å². The minimum absolute atomic E-state index is 0.0850. The summed E-state index contributed by atoms with van der Waals surface area (Å²) < 4.78 is 11.3. The van der Waals surface area contributed by atoms with Gasteiger partial charge in [-0.3, -0.25) is 9.59 Å². The fourth-order valence-electron chi connectivity index (χ4n) is 3.44. The van der Waals surface area contributed by atoms with Gasteiger partial charge in [-0.15, -0.1) is 11.8 Å². The highest BCUT2D eigenvalue weighted by molar-refractivity contribution is 9.10. The number of hydrogen-bond donors (Lipinski definition) is 1. The molecule has 2 unspecified atom stereocenters. The summed E-state index contributed by atoms with van der Waals surface area (Å²) in [6.45, 7) is 3.50. The molecule has 0 radical (unpaired) electrons. The largest absolute Gasteiger partial charge is 0.465 e. The predicted octanol–water partition coefficient (Wildman–Crippen LogP) is 4.44. The van der Waals surface area contributed by atoms with E-state index in [1.807, 2.05) is 36.4 Å². The van der Waals surface area contributed by atoms with Gasteiger partial charge in [0.1, 0.15) is 6.10 Å². The van der Waals surface area contributed by atoms with Gasteiger partial charge in [0.25, 0.3) is 0 Å². The van der Waals surface area contributed by atoms with E-state index < -0.39 is 28.7 Å². The second-order valence-corrected chi connectivity index (χ2v) is 8.27. The van der Waals surface area contributed by atoms with Crippen LogP contribution in [-0.4, -0.2) is 30.3 Å². The summed E-state index contributed by atoms with van der Waals surface area (Å²) in [7, 11) is 0. The number of fused-ring (bicyclic) bond motifs is 1. The summed E-state index contributed by atoms with van der Waals surface area (Å²) in [5.74, 6) is -1.58. The molecule has 1 aliphatic heterocycles. The minimum atomic E-state index is -1.92. The third-order valence-electron chi connectivity index (χ3n) is 4.72. The summed E-state index contributed by atoms with van der Waals surface area (Å²) in [5, 5.41) is 10.6. The number of hydrogen-bond acceptors (Lipinski definition) is 6. The highest BCUT2D eigenvalue weighted by Gasteiger charge is 2.64. The smallest absolute Gasteiger partial charge is 0.328 e. The molecule has 1 aliphatic rings. The molecular formula is C21H21BrO5S. The average molecular weight is 465 g/mol. The number of carbonyl (C=O) groups is 2. The van der Waals surface area contributed by atoms with Crippen LogP contribution >= 0.6 is 27.7 Å². The number of ether oxygens (including phenoxy) is 2. The zero-order valence-corrected chi connectivity index (χ0v) is 18.0. The molecule has 1 heterocycles. The Morgan fingerprint density at radius 1 is 1.00 bits per heavy atom. The van der Waals surface area contributed by atoms with Gasteiger partial charge < -0.3 is 14.6 Å². The van der Waals surface area contributed by atoms with E-state index in [-0.39, 0.29) is 13.2 Å². The number of thioether (sulfide) groups is 1. The van der Waals surface area contributed by atoms with Crippen molar-refractivity contribution in [3.63, 3.8) is 0 Å². The van der Waals surface area contributed by atoms with Crippen LogP contribution in [0.4, 0.5) is 0 Å². The molecule has 0 bridgehead atoms. The van der Waals surface area contributed by atoms with Crippen molar-refractivity contribution in [2.75, 3.05) is 13.2 Å². The highest BCUT2D eigenvalue weighted by atomic mass is 79.9. The zero-order chi connectivity index (χ0) is 20.3. The van der Waals surface area contributed by atoms with Crippen molar-refractivity contribution < 1.29 is 24.2 Å². The van der Waals surface area contributed by atoms with Gasteiger partial charge in [0, 0.05) is 9.37 Å². The van der Waals surface area contributed by atoms with E-state index >= 15 is 0 Å². The first-order chi connectivity index (χ1) is 13.5. The molecular weight excluding hydrogens is 444 g/mol. The number of aliphatic hydroxyl groups excluding tert-OH is 1. The fraction of sp³-hybridized carbons (Fsp3) is 0.333. The standard InChI is InChI=1S/C21H21BrO5S/c1-3-26-19(24)21(20(25)27-4-2)17(23)14-10-6-8-12-16(14)28-18(21)13-9-5-7-11-15(13)22/h5-12,17-18,23H,3-4H2,1-2H3. The van der Waals surface area contributed by atoms with Crippen LogP contribution in [0.1, 0.15) is 36.3 Å². The van der Waals surface area contributed by atoms with Crippen LogP contribution in [-0.2, 0) is 19.1 Å². The molecule has 1 N–H and O–H groups in total. The minimum Gasteiger partial charge on any atom is -0.465 e. The third-order valence-corrected chi connectivity index (χ3v) is 6.93. The first-order valence-corrected chi connectivity index (χ1v) is 10.7. The van der Waals surface area contributed by atoms with Gasteiger partial charge in [0.05, 0.1) is 18.5 Å². The monoisotopic (exact) mass is 464 g/mol. The number of esters is 2. The lowest BCUT2D eigenvalue weighted by molar-refractivity contribution is -0.182. The fourth-order valence-corrected chi connectivity index (χ4v) is 5.67. The van der Waals surface area contributed by atoms with Crippen molar-refractivity contribution >= 4 is 39.6 Å². The zero-order valence-electron chi connectivity index (χ0n) is 15.6. The summed E-state index contributed by atoms with van der Waals surface area (Å²) in [5.41, 5.74) is -0.700. The van der Waals surface area contributed by atoms with Crippen molar-refractivity contribution in [1.82, 2.24) is 0 Å². The topological polar surface area (TPSA) is 72.8 Å². The number of aliphatic hydroxyl groups is 1. The van der Waals surface area contributed by atoms with Crippen LogP contribution in [0.15, 0.2) is 57.9 Å². The van der Waals surface area contributed by atoms with Gasteiger partial charge >= 0.3 is 11.9 Å². The van der Waals surface area contributed by atoms with Gasteiger partial charge in [0.15, 0.2) is 0 Å². The Morgan fingerprint density at radius 3 is 2.11 bits per heavy atom. The number of carbonyl (C=O) groups excluding carboxylic acids is 2. The van der Waals surface area contributed by atoms with Gasteiger partial charge in [0.2, 0.25) is 5.41 Å². The molecule has 0 fully saturated rings. The second kappa shape index (κ2) is 8.68. The van der Waals surface area contributed by atoms with Gasteiger partial charge in [-0.25, -0.2) is 0 Å². The van der Waals surface area contributed by atoms with Crippen LogP contribution in [0, 0.1) is 5.41 Å². The van der Waals surface area contributed by atoms with E-state index in [0.29, 0.717) is 11.1 Å². The molecule has 0 aromatic heterocycles. The van der Waals surface area contributed by atoms with Crippen molar-refractivity contribution in [1.29, 1.82) is 0 Å². The maximum Gasteiger partial charge on any atom is 0.328 e. The molecule has 0 amide bonds. The van der Waals surface area contributed by atoms with Crippen LogP contribution in [0.5, 0.6) is 0 Å². The predicted molar refractivity (Wildman–Crippen MR) is 110 cm³/mol. The van der Waals surface area contributed by atoms with E-state index in [0.717, 1.165) is 9.37 Å². The highest BCUT2D eigenvalue weighted by Crippen LogP contribution is 2.61. The van der Waals surface area contributed by atoms with Crippen LogP contribution in [0.25, 0.3) is 0 Å². The van der Waals surface area contributed by atoms with E-state index in [2.05, 4.69) is 15.9 Å². The second-order valence-electron chi connectivity index (χ2n) is 6.27. The summed E-state index contributed by atoms with van der Waals surface area (Å²) in [4.78, 5) is 27.3. The average Bonchev–Trinajstić information content (AvgIpc) is 2.69. The maximum atomic E-state index is 13.2. The molecule has 2 aromatic rings. The summed E-state index contributed by atoms with van der Waals surface area (Å²) in [6, 6.07) is 14.6. The van der Waals surface area contributed by atoms with E-state index in [9.17, 15) is 14.7 Å². The lowest BCUT2D eigenvalue weighted by Crippen LogP contribution is -2.52. The summed E-state index contributed by atoms with van der Waals surface area (Å²) >= 11 is 4.87. The van der Waals surface area contributed by atoms with E-state index in [1.54, 1.807) is 26.0 Å². The number of halogens is 1. The first-order valence-electron chi connectivity index (χ1n) is 9.00. The Kier molecular flexibility index (Phi) is 6.47. The molecule has 2 aromatic carbocycles. The SMILES string of the molecule is CCOC(=O)C1(C(=O)OCC)C(O)c2ccccc2SC1c1ccccc1Br. The molecule has 0 saturated carbocycles. The summed E-state index contributed by atoms with van der Waals surface area (Å²) in [6.07, 6.45) is -1.40. The quantitative estimate of drug-likeness (QED) is 0.520. The molecule has 0 aliphatic carbocycles. The van der Waals surface area contributed by atoms with Gasteiger partial charge in [-0.1, -0.05) is 52.3 Å². The Bertz CT molecular complexity index is 867. The number of rotatable bonds is 5. The molecule has 3 rings (SSSR count). The molecule has 148 valence electrons. The van der Waals surface area contributed by atoms with Crippen molar-refractivity contribution in [3.05, 3.63) is 64.1 Å². The van der Waals surface area contributed by atoms with E-state index in [1.165, 1.54) is 11.8 Å². The van der Waals surface area contributed by atoms with Crippen molar-refractivity contribution in [3.8, 4) is 0 Å². The Morgan fingerprint density at radius 2 is 1.54 bits per heavy atom. The molecule has 0 spiro atoms. The van der Waals surface area contributed by atoms with Crippen molar-refractivity contribution in [2.24, 2.45) is 5.41 Å². The van der Waals surface area contributed by atoms with Crippen LogP contribution in [0.3, 0.4) is 0 Å². The first kappa shape index (κ1) is 20.9. The van der Waals surface area contributed by atoms with Crippen LogP contribution in [0.2, 0.25) is 0 Å². The molecule has 5 nitrogen and oxygen atoms in total. The normalized spacial score (nSPS) is 20.1. The van der Waals surface area contributed by atoms with E-state index in [4.69, 9.17) is 9.47 Å². The lowest BCUT2D eigenvalue weighted by Gasteiger charge is -2.43. The number of benzene rings is 2. The Hall–Kier alpha value is -1.83. The maximum absolute atomic E-state index is 13.2. The Balaban J connectivity index is 2.30. The van der Waals surface area contributed by atoms with Crippen molar-refractivity contribution in [2.45, 2.75) is 30.1 Å². The molecule has 28 heavy (non-hydrogen) atoms. The third kappa shape index (κ3) is 3.36. The molecule has 7 heteroatoms.